The van der Waals surface area contributed by atoms with Crippen LogP contribution in [0.25, 0.3) is 0 Å². The highest BCUT2D eigenvalue weighted by atomic mass is 16.2. The van der Waals surface area contributed by atoms with E-state index in [9.17, 15) is 4.79 Å². The van der Waals surface area contributed by atoms with Crippen molar-refractivity contribution in [3.05, 3.63) is 12.2 Å². The molecule has 0 aromatic rings. The van der Waals surface area contributed by atoms with Crippen LogP contribution in [0.2, 0.25) is 0 Å². The van der Waals surface area contributed by atoms with Gasteiger partial charge in [0.2, 0.25) is 5.91 Å². The molecule has 0 radical (unpaired) electrons. The fourth-order valence-electron chi connectivity index (χ4n) is 1.47. The Hall–Kier alpha value is -1.30. The van der Waals surface area contributed by atoms with Crippen LogP contribution in [0.4, 0.5) is 0 Å². The summed E-state index contributed by atoms with van der Waals surface area (Å²) in [6.07, 6.45) is 1.74. The molecule has 0 aromatic carbocycles. The minimum Gasteiger partial charge on any atom is -0.341 e. The summed E-state index contributed by atoms with van der Waals surface area (Å²) in [5.41, 5.74) is 0.308. The number of carbonyl (C=O) groups excluding carboxylic acids is 1. The number of hydrogen-bond donors (Lipinski definition) is 0. The van der Waals surface area contributed by atoms with Crippen LogP contribution >= 0.6 is 0 Å². The molecule has 0 bridgehead atoms. The maximum Gasteiger partial charge on any atom is 0.242 e. The molecule has 76 valence electrons. The van der Waals surface area contributed by atoms with Crippen molar-refractivity contribution in [1.82, 2.24) is 4.90 Å². The molecule has 1 heterocycles. The Labute approximate surface area is 85.0 Å². The van der Waals surface area contributed by atoms with Gasteiger partial charge in [-0.05, 0) is 26.7 Å². The molecule has 0 saturated carbocycles. The lowest BCUT2D eigenvalue weighted by Gasteiger charge is -2.31. The highest BCUT2D eigenvalue weighted by molar-refractivity contribution is 5.84. The van der Waals surface area contributed by atoms with E-state index in [0.29, 0.717) is 13.1 Å². The molecule has 1 aliphatic rings. The summed E-state index contributed by atoms with van der Waals surface area (Å²) in [6, 6.07) is 2.04. The van der Waals surface area contributed by atoms with Crippen LogP contribution < -0.4 is 0 Å². The molecule has 1 fully saturated rings. The van der Waals surface area contributed by atoms with Gasteiger partial charge in [0.25, 0.3) is 0 Å². The monoisotopic (exact) mass is 192 g/mol. The molecule has 1 saturated heterocycles. The van der Waals surface area contributed by atoms with Gasteiger partial charge in [-0.2, -0.15) is 5.26 Å². The molecule has 14 heavy (non-hydrogen) atoms. The number of nitrogens with zero attached hydrogens (tertiary/aromatic N) is 2. The average Bonchev–Trinajstić information content (AvgIpc) is 2.18. The van der Waals surface area contributed by atoms with E-state index in [2.05, 4.69) is 6.58 Å². The van der Waals surface area contributed by atoms with Crippen molar-refractivity contribution in [2.75, 3.05) is 13.1 Å². The van der Waals surface area contributed by atoms with E-state index in [-0.39, 0.29) is 5.91 Å². The van der Waals surface area contributed by atoms with Crippen molar-refractivity contribution in [3.8, 4) is 6.07 Å². The molecule has 3 heteroatoms. The largest absolute Gasteiger partial charge is 0.341 e. The first-order valence-corrected chi connectivity index (χ1v) is 4.84. The minimum absolute atomic E-state index is 0.0625. The van der Waals surface area contributed by atoms with E-state index in [1.165, 1.54) is 5.57 Å². The summed E-state index contributed by atoms with van der Waals surface area (Å²) in [5, 5.41) is 8.83. The van der Waals surface area contributed by atoms with Crippen LogP contribution in [0, 0.1) is 16.7 Å². The van der Waals surface area contributed by atoms with Crippen molar-refractivity contribution >= 4 is 5.91 Å². The van der Waals surface area contributed by atoms with Crippen LogP contribution in [-0.2, 0) is 4.79 Å². The Morgan fingerprint density at radius 3 is 2.43 bits per heavy atom. The number of carbonyl (C=O) groups is 1. The maximum atomic E-state index is 11.8. The Kier molecular flexibility index (Phi) is 2.95. The third-order valence-electron chi connectivity index (χ3n) is 2.57. The van der Waals surface area contributed by atoms with Gasteiger partial charge < -0.3 is 4.90 Å². The minimum atomic E-state index is -0.890. The summed E-state index contributed by atoms with van der Waals surface area (Å²) >= 11 is 0. The summed E-state index contributed by atoms with van der Waals surface area (Å²) in [7, 11) is 0. The summed E-state index contributed by atoms with van der Waals surface area (Å²) in [5.74, 6) is -0.0625. The first kappa shape index (κ1) is 10.8. The zero-order valence-electron chi connectivity index (χ0n) is 8.84. The molecule has 1 rings (SSSR count). The molecular formula is C11H16N2O. The van der Waals surface area contributed by atoms with Gasteiger partial charge in [0.05, 0.1) is 6.07 Å². The van der Waals surface area contributed by atoms with Gasteiger partial charge in [0.15, 0.2) is 0 Å². The van der Waals surface area contributed by atoms with Crippen molar-refractivity contribution < 1.29 is 4.79 Å². The van der Waals surface area contributed by atoms with Gasteiger partial charge in [-0.25, -0.2) is 0 Å². The first-order valence-electron chi connectivity index (χ1n) is 4.84. The lowest BCUT2D eigenvalue weighted by molar-refractivity contribution is -0.138. The number of rotatable bonds is 1. The first-order chi connectivity index (χ1) is 6.47. The molecule has 3 nitrogen and oxygen atoms in total. The van der Waals surface area contributed by atoms with Gasteiger partial charge in [0, 0.05) is 13.1 Å². The second kappa shape index (κ2) is 3.83. The molecule has 0 N–H and O–H groups in total. The van der Waals surface area contributed by atoms with E-state index < -0.39 is 5.41 Å². The molecule has 0 aliphatic carbocycles. The molecular weight excluding hydrogens is 176 g/mol. The Morgan fingerprint density at radius 2 is 2.00 bits per heavy atom. The van der Waals surface area contributed by atoms with Gasteiger partial charge in [-0.1, -0.05) is 12.2 Å². The molecule has 0 spiro atoms. The number of hydrogen-bond acceptors (Lipinski definition) is 2. The normalized spacial score (nSPS) is 17.8. The number of amides is 1. The molecule has 1 amide bonds. The van der Waals surface area contributed by atoms with E-state index >= 15 is 0 Å². The Bertz CT molecular complexity index is 289. The van der Waals surface area contributed by atoms with Crippen LogP contribution in [0.1, 0.15) is 26.7 Å². The third kappa shape index (κ3) is 2.14. The molecule has 0 aromatic heterocycles. The van der Waals surface area contributed by atoms with Crippen LogP contribution in [0.3, 0.4) is 0 Å². The van der Waals surface area contributed by atoms with Gasteiger partial charge >= 0.3 is 0 Å². The number of likely N-dealkylation sites (tertiary alicyclic amines) is 1. The topological polar surface area (TPSA) is 44.1 Å². The average molecular weight is 192 g/mol. The number of nitriles is 1. The Balaban J connectivity index is 2.64. The van der Waals surface area contributed by atoms with E-state index in [1.807, 2.05) is 6.07 Å². The highest BCUT2D eigenvalue weighted by Crippen LogP contribution is 2.22. The Morgan fingerprint density at radius 1 is 1.50 bits per heavy atom. The second-order valence-corrected chi connectivity index (χ2v) is 4.28. The lowest BCUT2D eigenvalue weighted by atomic mass is 9.92. The highest BCUT2D eigenvalue weighted by Gasteiger charge is 2.32. The van der Waals surface area contributed by atoms with E-state index in [1.54, 1.807) is 18.7 Å². The number of piperidine rings is 1. The zero-order valence-corrected chi connectivity index (χ0v) is 8.84. The van der Waals surface area contributed by atoms with Crippen molar-refractivity contribution in [2.24, 2.45) is 5.41 Å². The van der Waals surface area contributed by atoms with Gasteiger partial charge in [0.1, 0.15) is 5.41 Å². The third-order valence-corrected chi connectivity index (χ3v) is 2.57. The van der Waals surface area contributed by atoms with Crippen molar-refractivity contribution in [1.29, 1.82) is 5.26 Å². The van der Waals surface area contributed by atoms with Crippen LogP contribution in [0.5, 0.6) is 0 Å². The van der Waals surface area contributed by atoms with E-state index in [0.717, 1.165) is 12.8 Å². The summed E-state index contributed by atoms with van der Waals surface area (Å²) in [6.45, 7) is 8.64. The molecule has 0 unspecified atom stereocenters. The van der Waals surface area contributed by atoms with Crippen molar-refractivity contribution in [3.63, 3.8) is 0 Å². The quantitative estimate of drug-likeness (QED) is 0.594. The molecule has 1 aliphatic heterocycles. The smallest absolute Gasteiger partial charge is 0.242 e. The van der Waals surface area contributed by atoms with Gasteiger partial charge in [-0.15, -0.1) is 0 Å². The van der Waals surface area contributed by atoms with Crippen LogP contribution in [-0.4, -0.2) is 23.9 Å². The zero-order chi connectivity index (χ0) is 10.8. The second-order valence-electron chi connectivity index (χ2n) is 4.28. The standard InChI is InChI=1S/C11H16N2O/c1-9-4-6-13(7-5-9)10(14)11(2,3)8-12/h1,4-7H2,2-3H3. The lowest BCUT2D eigenvalue weighted by Crippen LogP contribution is -2.43. The van der Waals surface area contributed by atoms with Crippen LogP contribution in [0.15, 0.2) is 12.2 Å². The van der Waals surface area contributed by atoms with Crippen molar-refractivity contribution in [2.45, 2.75) is 26.7 Å². The summed E-state index contributed by atoms with van der Waals surface area (Å²) in [4.78, 5) is 13.6. The maximum absolute atomic E-state index is 11.8. The van der Waals surface area contributed by atoms with Gasteiger partial charge in [-0.3, -0.25) is 4.79 Å². The fourth-order valence-corrected chi connectivity index (χ4v) is 1.47. The fraction of sp³-hybridized carbons (Fsp3) is 0.636. The summed E-state index contributed by atoms with van der Waals surface area (Å²) < 4.78 is 0. The predicted octanol–water partition coefficient (Wildman–Crippen LogP) is 1.71. The molecule has 0 atom stereocenters. The predicted molar refractivity (Wildman–Crippen MR) is 54.3 cm³/mol. The SMILES string of the molecule is C=C1CCN(C(=O)C(C)(C)C#N)CC1. The van der Waals surface area contributed by atoms with E-state index in [4.69, 9.17) is 5.26 Å².